The van der Waals surface area contributed by atoms with E-state index in [-0.39, 0.29) is 19.8 Å². The Morgan fingerprint density at radius 1 is 1.00 bits per heavy atom. The minimum absolute atomic E-state index is 0.0182. The molecule has 0 aliphatic rings. The summed E-state index contributed by atoms with van der Waals surface area (Å²) in [5, 5.41) is 27.8. The zero-order chi connectivity index (χ0) is 17.9. The third kappa shape index (κ3) is 14.3. The predicted molar refractivity (Wildman–Crippen MR) is 98.8 cm³/mol. The van der Waals surface area contributed by atoms with E-state index in [0.717, 1.165) is 12.5 Å². The van der Waals surface area contributed by atoms with Gasteiger partial charge in [-0.05, 0) is 45.2 Å². The Morgan fingerprint density at radius 2 is 1.57 bits per heavy atom. The molecular formula is C15H37NO5Si2. The highest BCUT2D eigenvalue weighted by atomic mass is 28.4. The number of hydrogen-bond donors (Lipinski definition) is 3. The smallest absolute Gasteiger partial charge is 0.173 e. The molecule has 140 valence electrons. The van der Waals surface area contributed by atoms with E-state index in [4.69, 9.17) is 19.1 Å². The molecule has 0 saturated carbocycles. The first-order chi connectivity index (χ1) is 10.6. The van der Waals surface area contributed by atoms with Crippen LogP contribution in [0, 0.1) is 0 Å². The van der Waals surface area contributed by atoms with Crippen molar-refractivity contribution in [2.24, 2.45) is 0 Å². The summed E-state index contributed by atoms with van der Waals surface area (Å²) in [6.45, 7) is 13.4. The van der Waals surface area contributed by atoms with Crippen LogP contribution in [0.2, 0.25) is 38.8 Å². The highest BCUT2D eigenvalue weighted by Crippen LogP contribution is 2.19. The predicted octanol–water partition coefficient (Wildman–Crippen LogP) is 1.10. The lowest BCUT2D eigenvalue weighted by Crippen LogP contribution is -2.42. The molecule has 3 N–H and O–H groups in total. The van der Waals surface area contributed by atoms with E-state index in [1.807, 2.05) is 4.90 Å². The molecule has 1 unspecified atom stereocenters. The fraction of sp³-hybridized carbons (Fsp3) is 1.00. The summed E-state index contributed by atoms with van der Waals surface area (Å²) in [5.41, 5.74) is 0. The summed E-state index contributed by atoms with van der Waals surface area (Å²) in [6, 6.07) is 1.06. The molecule has 0 aromatic carbocycles. The number of hydrogen-bond acceptors (Lipinski definition) is 6. The fourth-order valence-electron chi connectivity index (χ4n) is 2.63. The molecule has 0 spiro atoms. The number of rotatable bonds is 14. The van der Waals surface area contributed by atoms with Gasteiger partial charge in [0.25, 0.3) is 0 Å². The Balaban J connectivity index is 3.85. The summed E-state index contributed by atoms with van der Waals surface area (Å²) in [5.74, 6) is 0. The van der Waals surface area contributed by atoms with Gasteiger partial charge in [0, 0.05) is 26.2 Å². The van der Waals surface area contributed by atoms with Gasteiger partial charge >= 0.3 is 0 Å². The monoisotopic (exact) mass is 367 g/mol. The van der Waals surface area contributed by atoms with Crippen LogP contribution >= 0.6 is 0 Å². The van der Waals surface area contributed by atoms with Crippen LogP contribution < -0.4 is 0 Å². The van der Waals surface area contributed by atoms with Gasteiger partial charge in [-0.15, -0.1) is 0 Å². The van der Waals surface area contributed by atoms with E-state index >= 15 is 0 Å². The Morgan fingerprint density at radius 3 is 2.04 bits per heavy atom. The van der Waals surface area contributed by atoms with Crippen molar-refractivity contribution in [3.8, 4) is 0 Å². The van der Waals surface area contributed by atoms with Crippen molar-refractivity contribution in [3.05, 3.63) is 0 Å². The number of aliphatic hydroxyl groups is 3. The van der Waals surface area contributed by atoms with Gasteiger partial charge < -0.3 is 24.2 Å². The summed E-state index contributed by atoms with van der Waals surface area (Å²) < 4.78 is 11.8. The maximum atomic E-state index is 9.94. The summed E-state index contributed by atoms with van der Waals surface area (Å²) in [4.78, 5) is 1.83. The number of aliphatic hydroxyl groups excluding tert-OH is 3. The van der Waals surface area contributed by atoms with E-state index in [0.29, 0.717) is 26.2 Å². The minimum Gasteiger partial charge on any atom is -0.456 e. The Kier molecular flexibility index (Phi) is 11.8. The zero-order valence-corrected chi connectivity index (χ0v) is 17.5. The van der Waals surface area contributed by atoms with E-state index in [1.165, 1.54) is 0 Å². The van der Waals surface area contributed by atoms with Crippen molar-refractivity contribution < 1.29 is 24.2 Å². The maximum absolute atomic E-state index is 9.94. The lowest BCUT2D eigenvalue weighted by Gasteiger charge is -2.31. The molecule has 0 aliphatic carbocycles. The SMILES string of the molecule is C[Si](C)(C)O[Si](C)(C)CCCOCC(O)CN(CCO)CCO. The second kappa shape index (κ2) is 11.7. The van der Waals surface area contributed by atoms with Gasteiger partial charge in [0.1, 0.15) is 0 Å². The molecule has 1 atom stereocenters. The Labute approximate surface area is 143 Å². The standard InChI is InChI=1S/C15H37NO5Si2/c1-22(2,3)21-23(4,5)12-6-11-20-14-15(19)13-16(7-9-17)8-10-18/h15,17-19H,6-14H2,1-5H3. The lowest BCUT2D eigenvalue weighted by atomic mass is 10.3. The van der Waals surface area contributed by atoms with Gasteiger partial charge in [0.15, 0.2) is 16.6 Å². The van der Waals surface area contributed by atoms with Gasteiger partial charge in [0.05, 0.1) is 25.9 Å². The van der Waals surface area contributed by atoms with Crippen molar-refractivity contribution in [1.29, 1.82) is 0 Å². The van der Waals surface area contributed by atoms with Gasteiger partial charge in [-0.25, -0.2) is 0 Å². The maximum Gasteiger partial charge on any atom is 0.173 e. The molecule has 0 rings (SSSR count). The van der Waals surface area contributed by atoms with Crippen LogP contribution in [-0.4, -0.2) is 89.0 Å². The molecule has 0 radical (unpaired) electrons. The molecule has 0 aliphatic heterocycles. The van der Waals surface area contributed by atoms with Gasteiger partial charge in [-0.3, -0.25) is 4.90 Å². The first-order valence-corrected chi connectivity index (χ1v) is 15.0. The van der Waals surface area contributed by atoms with E-state index in [2.05, 4.69) is 32.7 Å². The van der Waals surface area contributed by atoms with Crippen LogP contribution in [-0.2, 0) is 8.85 Å². The van der Waals surface area contributed by atoms with E-state index in [9.17, 15) is 5.11 Å². The van der Waals surface area contributed by atoms with Crippen LogP contribution in [0.4, 0.5) is 0 Å². The highest BCUT2D eigenvalue weighted by molar-refractivity contribution is 6.84. The molecule has 23 heavy (non-hydrogen) atoms. The summed E-state index contributed by atoms with van der Waals surface area (Å²) >= 11 is 0. The quantitative estimate of drug-likeness (QED) is 0.315. The average Bonchev–Trinajstić information content (AvgIpc) is 2.35. The summed E-state index contributed by atoms with van der Waals surface area (Å²) in [6.07, 6.45) is 0.351. The third-order valence-corrected chi connectivity index (χ3v) is 9.48. The highest BCUT2D eigenvalue weighted by Gasteiger charge is 2.28. The van der Waals surface area contributed by atoms with E-state index in [1.54, 1.807) is 0 Å². The summed E-state index contributed by atoms with van der Waals surface area (Å²) in [7, 11) is -3.09. The van der Waals surface area contributed by atoms with Crippen LogP contribution in [0.25, 0.3) is 0 Å². The molecule has 0 bridgehead atoms. The second-order valence-corrected chi connectivity index (χ2v) is 16.6. The molecule has 0 aromatic rings. The molecule has 0 amide bonds. The second-order valence-electron chi connectivity index (χ2n) is 7.55. The third-order valence-electron chi connectivity index (χ3n) is 3.26. The van der Waals surface area contributed by atoms with Gasteiger partial charge in [-0.1, -0.05) is 0 Å². The molecular weight excluding hydrogens is 330 g/mol. The van der Waals surface area contributed by atoms with Crippen LogP contribution in [0.3, 0.4) is 0 Å². The normalized spacial score (nSPS) is 14.5. The largest absolute Gasteiger partial charge is 0.456 e. The van der Waals surface area contributed by atoms with Crippen molar-refractivity contribution >= 4 is 16.6 Å². The van der Waals surface area contributed by atoms with Crippen LogP contribution in [0.15, 0.2) is 0 Å². The topological polar surface area (TPSA) is 82.4 Å². The minimum atomic E-state index is -1.61. The van der Waals surface area contributed by atoms with Crippen molar-refractivity contribution in [3.63, 3.8) is 0 Å². The molecule has 0 fully saturated rings. The van der Waals surface area contributed by atoms with Crippen molar-refractivity contribution in [2.75, 3.05) is 46.1 Å². The molecule has 0 saturated heterocycles. The number of ether oxygens (including phenoxy) is 1. The average molecular weight is 368 g/mol. The molecule has 6 nitrogen and oxygen atoms in total. The molecule has 0 aromatic heterocycles. The van der Waals surface area contributed by atoms with Gasteiger partial charge in [-0.2, -0.15) is 0 Å². The van der Waals surface area contributed by atoms with Crippen molar-refractivity contribution in [1.82, 2.24) is 4.90 Å². The Hall–Kier alpha value is 0.194. The zero-order valence-electron chi connectivity index (χ0n) is 15.5. The number of nitrogens with zero attached hydrogens (tertiary/aromatic N) is 1. The van der Waals surface area contributed by atoms with Crippen molar-refractivity contribution in [2.45, 2.75) is 51.3 Å². The lowest BCUT2D eigenvalue weighted by molar-refractivity contribution is 0.0115. The molecule has 0 heterocycles. The first-order valence-electron chi connectivity index (χ1n) is 8.49. The first kappa shape index (κ1) is 23.2. The van der Waals surface area contributed by atoms with Gasteiger partial charge in [0.2, 0.25) is 0 Å². The van der Waals surface area contributed by atoms with E-state index < -0.39 is 22.7 Å². The van der Waals surface area contributed by atoms with Crippen LogP contribution in [0.1, 0.15) is 6.42 Å². The Bertz CT molecular complexity index is 294. The fourth-order valence-corrected chi connectivity index (χ4v) is 10.7. The van der Waals surface area contributed by atoms with Crippen LogP contribution in [0.5, 0.6) is 0 Å². The molecule has 8 heteroatoms.